The molecular weight excluding hydrogens is 344 g/mol. The summed E-state index contributed by atoms with van der Waals surface area (Å²) < 4.78 is 10.7. The Morgan fingerprint density at radius 3 is 2.64 bits per heavy atom. The van der Waals surface area contributed by atoms with E-state index in [1.807, 2.05) is 6.07 Å². The lowest BCUT2D eigenvalue weighted by molar-refractivity contribution is -0.138. The van der Waals surface area contributed by atoms with Gasteiger partial charge in [-0.3, -0.25) is 9.59 Å². The van der Waals surface area contributed by atoms with Crippen molar-refractivity contribution in [2.75, 3.05) is 20.8 Å². The van der Waals surface area contributed by atoms with E-state index in [1.54, 1.807) is 29.0 Å². The average molecular weight is 362 g/mol. The van der Waals surface area contributed by atoms with Gasteiger partial charge in [0.15, 0.2) is 11.5 Å². The van der Waals surface area contributed by atoms with Gasteiger partial charge in [0.1, 0.15) is 5.69 Å². The molecule has 0 aliphatic carbocycles. The molecular formula is C17H18N2O5S. The van der Waals surface area contributed by atoms with Crippen molar-refractivity contribution in [1.29, 1.82) is 0 Å². The van der Waals surface area contributed by atoms with Gasteiger partial charge in [-0.1, -0.05) is 0 Å². The van der Waals surface area contributed by atoms with Gasteiger partial charge < -0.3 is 19.5 Å². The minimum atomic E-state index is -0.969. The number of carboxylic acid groups (broad SMARTS) is 1. The molecule has 1 aromatic heterocycles. The first-order valence-corrected chi connectivity index (χ1v) is 8.65. The molecule has 132 valence electrons. The van der Waals surface area contributed by atoms with Crippen LogP contribution in [0.5, 0.6) is 11.5 Å². The molecule has 0 bridgehead atoms. The Morgan fingerprint density at radius 1 is 1.32 bits per heavy atom. The Bertz CT molecular complexity index is 791. The van der Waals surface area contributed by atoms with Gasteiger partial charge in [-0.15, -0.1) is 11.3 Å². The molecule has 1 amide bonds. The smallest absolute Gasteiger partial charge is 0.305 e. The Balaban J connectivity index is 2.04. The van der Waals surface area contributed by atoms with E-state index in [-0.39, 0.29) is 12.3 Å². The molecule has 3 rings (SSSR count). The normalized spacial score (nSPS) is 16.2. The van der Waals surface area contributed by atoms with Crippen molar-refractivity contribution < 1.29 is 24.2 Å². The van der Waals surface area contributed by atoms with Crippen LogP contribution in [-0.4, -0.2) is 47.6 Å². The number of hydrogen-bond donors (Lipinski definition) is 1. The second-order valence-corrected chi connectivity index (χ2v) is 6.36. The number of fused-ring (bicyclic) bond motifs is 1. The monoisotopic (exact) mass is 362 g/mol. The van der Waals surface area contributed by atoms with E-state index in [9.17, 15) is 14.7 Å². The molecule has 0 fully saturated rings. The Hall–Kier alpha value is -2.61. The molecule has 8 heteroatoms. The zero-order valence-electron chi connectivity index (χ0n) is 13.9. The second kappa shape index (κ2) is 7.10. The Labute approximate surface area is 148 Å². The van der Waals surface area contributed by atoms with Crippen molar-refractivity contribution in [2.45, 2.75) is 18.9 Å². The van der Waals surface area contributed by atoms with E-state index in [2.05, 4.69) is 4.98 Å². The number of aliphatic carboxylic acids is 1. The van der Waals surface area contributed by atoms with Crippen LogP contribution in [0.2, 0.25) is 0 Å². The van der Waals surface area contributed by atoms with E-state index in [1.165, 1.54) is 18.4 Å². The molecule has 0 radical (unpaired) electrons. The molecule has 1 atom stereocenters. The quantitative estimate of drug-likeness (QED) is 0.878. The lowest BCUT2D eigenvalue weighted by atomic mass is 9.89. The molecule has 25 heavy (non-hydrogen) atoms. The first-order chi connectivity index (χ1) is 12.0. The summed E-state index contributed by atoms with van der Waals surface area (Å²) in [6, 6.07) is 3.05. The number of methoxy groups -OCH3 is 2. The van der Waals surface area contributed by atoms with Crippen LogP contribution < -0.4 is 9.47 Å². The molecule has 1 N–H and O–H groups in total. The fraction of sp³-hybridized carbons (Fsp3) is 0.353. The molecule has 7 nitrogen and oxygen atoms in total. The number of carbonyl (C=O) groups excluding carboxylic acids is 1. The number of carbonyl (C=O) groups is 2. The number of hydrogen-bond acceptors (Lipinski definition) is 6. The van der Waals surface area contributed by atoms with Crippen molar-refractivity contribution in [2.24, 2.45) is 0 Å². The maximum atomic E-state index is 12.8. The summed E-state index contributed by atoms with van der Waals surface area (Å²) in [7, 11) is 3.08. The third-order valence-electron chi connectivity index (χ3n) is 4.28. The van der Waals surface area contributed by atoms with Crippen molar-refractivity contribution in [3.63, 3.8) is 0 Å². The van der Waals surface area contributed by atoms with Gasteiger partial charge in [0.05, 0.1) is 32.2 Å². The highest BCUT2D eigenvalue weighted by molar-refractivity contribution is 7.07. The second-order valence-electron chi connectivity index (χ2n) is 5.64. The van der Waals surface area contributed by atoms with Gasteiger partial charge in [-0.05, 0) is 29.7 Å². The van der Waals surface area contributed by atoms with E-state index in [0.717, 1.165) is 11.1 Å². The molecule has 2 aromatic rings. The van der Waals surface area contributed by atoms with Crippen LogP contribution in [0, 0.1) is 0 Å². The molecule has 1 aromatic carbocycles. The summed E-state index contributed by atoms with van der Waals surface area (Å²) in [4.78, 5) is 29.8. The van der Waals surface area contributed by atoms with Gasteiger partial charge >= 0.3 is 5.97 Å². The van der Waals surface area contributed by atoms with Crippen molar-refractivity contribution in [3.05, 3.63) is 39.8 Å². The fourth-order valence-corrected chi connectivity index (χ4v) is 3.65. The third-order valence-corrected chi connectivity index (χ3v) is 4.87. The van der Waals surface area contributed by atoms with Crippen LogP contribution in [0.25, 0.3) is 0 Å². The summed E-state index contributed by atoms with van der Waals surface area (Å²) in [5, 5.41) is 11.0. The van der Waals surface area contributed by atoms with Crippen LogP contribution in [0.15, 0.2) is 23.0 Å². The first kappa shape index (κ1) is 17.2. The van der Waals surface area contributed by atoms with Crippen molar-refractivity contribution in [1.82, 2.24) is 9.88 Å². The summed E-state index contributed by atoms with van der Waals surface area (Å²) in [5.41, 5.74) is 3.66. The highest BCUT2D eigenvalue weighted by Crippen LogP contribution is 2.39. The van der Waals surface area contributed by atoms with Gasteiger partial charge in [0, 0.05) is 11.9 Å². The Kier molecular flexibility index (Phi) is 4.89. The van der Waals surface area contributed by atoms with Crippen molar-refractivity contribution >= 4 is 23.2 Å². The molecule has 1 unspecified atom stereocenters. The number of aromatic nitrogens is 1. The van der Waals surface area contributed by atoms with Gasteiger partial charge in [0.25, 0.3) is 5.91 Å². The molecule has 0 spiro atoms. The lowest BCUT2D eigenvalue weighted by Crippen LogP contribution is -2.41. The summed E-state index contributed by atoms with van der Waals surface area (Å²) >= 11 is 1.33. The minimum Gasteiger partial charge on any atom is -0.493 e. The maximum absolute atomic E-state index is 12.8. The minimum absolute atomic E-state index is 0.182. The molecule has 1 aliphatic rings. The number of carboxylic acids is 1. The topological polar surface area (TPSA) is 89.0 Å². The zero-order valence-corrected chi connectivity index (χ0v) is 14.7. The number of nitrogens with zero attached hydrogens (tertiary/aromatic N) is 2. The zero-order chi connectivity index (χ0) is 18.0. The lowest BCUT2D eigenvalue weighted by Gasteiger charge is -2.36. The van der Waals surface area contributed by atoms with Crippen LogP contribution in [0.1, 0.15) is 34.1 Å². The van der Waals surface area contributed by atoms with E-state index in [0.29, 0.717) is 30.2 Å². The number of amides is 1. The third kappa shape index (κ3) is 3.30. The highest BCUT2D eigenvalue weighted by Gasteiger charge is 2.34. The van der Waals surface area contributed by atoms with E-state index >= 15 is 0 Å². The van der Waals surface area contributed by atoms with Crippen LogP contribution in [0.3, 0.4) is 0 Å². The SMILES string of the molecule is COc1cc2c(cc1OC)C(CC(=O)O)N(C(=O)c1cscn1)CC2. The average Bonchev–Trinajstić information content (AvgIpc) is 3.14. The summed E-state index contributed by atoms with van der Waals surface area (Å²) in [5.74, 6) is -0.120. The van der Waals surface area contributed by atoms with Gasteiger partial charge in [0.2, 0.25) is 0 Å². The van der Waals surface area contributed by atoms with E-state index in [4.69, 9.17) is 9.47 Å². The van der Waals surface area contributed by atoms with Gasteiger partial charge in [-0.2, -0.15) is 0 Å². The van der Waals surface area contributed by atoms with Crippen molar-refractivity contribution in [3.8, 4) is 11.5 Å². The van der Waals surface area contributed by atoms with Crippen LogP contribution in [0.4, 0.5) is 0 Å². The molecule has 2 heterocycles. The fourth-order valence-electron chi connectivity index (χ4n) is 3.12. The molecule has 0 saturated heterocycles. The van der Waals surface area contributed by atoms with Crippen LogP contribution >= 0.6 is 11.3 Å². The maximum Gasteiger partial charge on any atom is 0.305 e. The standard InChI is InChI=1S/C17H18N2O5S/c1-23-14-5-10-3-4-19(17(22)12-8-25-9-18-12)13(7-16(20)21)11(10)6-15(14)24-2/h5-6,8-9,13H,3-4,7H2,1-2H3,(H,20,21). The number of benzene rings is 1. The Morgan fingerprint density at radius 2 is 2.04 bits per heavy atom. The molecule has 0 saturated carbocycles. The summed E-state index contributed by atoms with van der Waals surface area (Å²) in [6.07, 6.45) is 0.431. The predicted molar refractivity (Wildman–Crippen MR) is 91.4 cm³/mol. The molecule has 1 aliphatic heterocycles. The van der Waals surface area contributed by atoms with E-state index < -0.39 is 12.0 Å². The van der Waals surface area contributed by atoms with Gasteiger partial charge in [-0.25, -0.2) is 4.98 Å². The number of rotatable bonds is 5. The highest BCUT2D eigenvalue weighted by atomic mass is 32.1. The predicted octanol–water partition coefficient (Wildman–Crippen LogP) is 2.37. The van der Waals surface area contributed by atoms with Crippen LogP contribution in [-0.2, 0) is 11.2 Å². The number of ether oxygens (including phenoxy) is 2. The summed E-state index contributed by atoms with van der Waals surface area (Å²) in [6.45, 7) is 0.427. The largest absolute Gasteiger partial charge is 0.493 e. The number of thiazole rings is 1. The first-order valence-electron chi connectivity index (χ1n) is 7.71.